The van der Waals surface area contributed by atoms with Gasteiger partial charge in [-0.25, -0.2) is 4.79 Å². The highest BCUT2D eigenvalue weighted by molar-refractivity contribution is 5.77. The number of amides is 2. The minimum Gasteiger partial charge on any atom is -0.477 e. The lowest BCUT2D eigenvalue weighted by Gasteiger charge is -2.50. The monoisotopic (exact) mass is 1140 g/mol. The Labute approximate surface area is 468 Å². The Kier molecular flexibility index (Phi) is 35.3. The molecule has 18 unspecified atom stereocenters. The fraction of sp³-hybridized carbons (Fsp3) is 0.946. The number of carboxylic acids is 1. The van der Waals surface area contributed by atoms with Crippen molar-refractivity contribution in [3.8, 4) is 0 Å². The van der Waals surface area contributed by atoms with E-state index in [0.29, 0.717) is 19.3 Å². The van der Waals surface area contributed by atoms with Crippen LogP contribution in [0.2, 0.25) is 0 Å². The predicted octanol–water partition coefficient (Wildman–Crippen LogP) is 2.22. The molecule has 3 aliphatic heterocycles. The molecule has 0 bridgehead atoms. The molecule has 464 valence electrons. The van der Waals surface area contributed by atoms with Gasteiger partial charge in [0.2, 0.25) is 11.8 Å². The largest absolute Gasteiger partial charge is 0.477 e. The first-order valence-corrected chi connectivity index (χ1v) is 29.9. The third-order valence-corrected chi connectivity index (χ3v) is 15.6. The molecule has 0 aromatic heterocycles. The van der Waals surface area contributed by atoms with E-state index in [2.05, 4.69) is 24.5 Å². The first-order chi connectivity index (χ1) is 37.9. The van der Waals surface area contributed by atoms with Crippen molar-refractivity contribution in [2.45, 2.75) is 310 Å². The smallest absolute Gasteiger partial charge is 0.364 e. The summed E-state index contributed by atoms with van der Waals surface area (Å²) in [4.78, 5) is 38.3. The maximum atomic E-state index is 13.3. The van der Waals surface area contributed by atoms with Crippen LogP contribution in [0.4, 0.5) is 0 Å². The average molecular weight is 1140 g/mol. The van der Waals surface area contributed by atoms with Gasteiger partial charge in [-0.2, -0.15) is 0 Å². The first kappa shape index (κ1) is 71.0. The van der Waals surface area contributed by atoms with E-state index in [9.17, 15) is 75.7 Å². The van der Waals surface area contributed by atoms with Gasteiger partial charge in [-0.15, -0.1) is 0 Å². The molecule has 0 spiro atoms. The van der Waals surface area contributed by atoms with Gasteiger partial charge in [0.1, 0.15) is 67.1 Å². The summed E-state index contributed by atoms with van der Waals surface area (Å²) in [5.41, 5.74) is 0. The Hall–Kier alpha value is -2.27. The molecule has 3 aliphatic rings. The molecule has 0 aromatic rings. The van der Waals surface area contributed by atoms with Gasteiger partial charge >= 0.3 is 5.97 Å². The number of hydrogen-bond donors (Lipinski definition) is 14. The number of aliphatic hydroxyl groups is 11. The van der Waals surface area contributed by atoms with Crippen molar-refractivity contribution < 1.29 is 104 Å². The van der Waals surface area contributed by atoms with Crippen LogP contribution in [0.1, 0.15) is 201 Å². The van der Waals surface area contributed by atoms with Gasteiger partial charge in [-0.1, -0.05) is 168 Å². The first-order valence-electron chi connectivity index (χ1n) is 29.9. The molecular weight excluding hydrogens is 1040 g/mol. The van der Waals surface area contributed by atoms with Crippen LogP contribution in [-0.2, 0) is 42.8 Å². The minimum absolute atomic E-state index is 0.228. The number of hydrogen-bond acceptors (Lipinski definition) is 20. The molecule has 3 heterocycles. The third-order valence-electron chi connectivity index (χ3n) is 15.6. The van der Waals surface area contributed by atoms with Crippen LogP contribution in [0, 0.1) is 0 Å². The zero-order valence-corrected chi connectivity index (χ0v) is 47.5. The van der Waals surface area contributed by atoms with Gasteiger partial charge in [0.25, 0.3) is 5.79 Å². The summed E-state index contributed by atoms with van der Waals surface area (Å²) in [5, 5.41) is 135. The van der Waals surface area contributed by atoms with Crippen LogP contribution in [0.25, 0.3) is 0 Å². The van der Waals surface area contributed by atoms with Crippen LogP contribution >= 0.6 is 0 Å². The van der Waals surface area contributed by atoms with Crippen molar-refractivity contribution in [2.24, 2.45) is 0 Å². The Morgan fingerprint density at radius 3 is 1.58 bits per heavy atom. The second-order valence-corrected chi connectivity index (χ2v) is 22.2. The fourth-order valence-electron chi connectivity index (χ4n) is 10.7. The number of unbranched alkanes of at least 4 members (excludes halogenated alkanes) is 23. The molecule has 0 aliphatic carbocycles. The van der Waals surface area contributed by atoms with Crippen LogP contribution < -0.4 is 10.6 Å². The second-order valence-electron chi connectivity index (χ2n) is 22.2. The van der Waals surface area contributed by atoms with E-state index < -0.39 is 148 Å². The lowest BCUT2D eigenvalue weighted by molar-refractivity contribution is -0.386. The SMILES string of the molecule is CCCCCCCCCCCCCCCCC(=O)NC(COC1OC(CO)C(OC2OC(CO)C(O)C(OC3(C(=O)O)CC(O)C(NC(C)=O)C(C(O)C(O)CO)O3)C2O)C(O)C1O)C(O)CCCCCCCCCCCCC. The van der Waals surface area contributed by atoms with Gasteiger partial charge in [0.05, 0.1) is 50.7 Å². The Morgan fingerprint density at radius 2 is 1.10 bits per heavy atom. The molecule has 23 heteroatoms. The molecule has 14 N–H and O–H groups in total. The van der Waals surface area contributed by atoms with Crippen LogP contribution in [0.15, 0.2) is 0 Å². The zero-order chi connectivity index (χ0) is 58.3. The average Bonchev–Trinajstić information content (AvgIpc) is 3.45. The quantitative estimate of drug-likeness (QED) is 0.0389. The summed E-state index contributed by atoms with van der Waals surface area (Å²) in [6.45, 7) is 2.15. The number of aliphatic carboxylic acids is 1. The number of rotatable bonds is 43. The van der Waals surface area contributed by atoms with Crippen molar-refractivity contribution in [3.05, 3.63) is 0 Å². The number of ether oxygens (including phenoxy) is 6. The summed E-state index contributed by atoms with van der Waals surface area (Å²) in [6.07, 6.45) is -0.00625. The minimum atomic E-state index is -3.07. The second kappa shape index (κ2) is 39.3. The molecule has 0 radical (unpaired) electrons. The van der Waals surface area contributed by atoms with E-state index in [1.165, 1.54) is 96.3 Å². The number of aliphatic hydroxyl groups excluding tert-OH is 11. The Morgan fingerprint density at radius 1 is 0.608 bits per heavy atom. The standard InChI is InChI=1S/C56H104N2O21/c1-4-6-8-10-12-14-16-17-18-20-22-24-26-28-30-43(66)58-37(38(63)29-27-25-23-21-19-15-13-11-9-7-5-2)35-74-53-48(70)47(69)50(42(34-61)76-53)77-54-49(71)52(46(68)41(33-60)75-54)79-56(55(72)73)31-39(64)44(57-36(3)62)51(78-56)45(67)40(65)32-59/h37-42,44-54,59-61,63-65,67-71H,4-35H2,1-3H3,(H,57,62)(H,58,66)(H,72,73). The molecule has 79 heavy (non-hydrogen) atoms. The molecule has 0 aromatic carbocycles. The Bertz CT molecular complexity index is 1640. The van der Waals surface area contributed by atoms with E-state index in [-0.39, 0.29) is 18.9 Å². The Balaban J connectivity index is 1.67. The number of carbonyl (C=O) groups excluding carboxylic acids is 2. The number of carboxylic acid groups (broad SMARTS) is 1. The normalized spacial score (nSPS) is 30.8. The van der Waals surface area contributed by atoms with Gasteiger partial charge in [0, 0.05) is 19.8 Å². The summed E-state index contributed by atoms with van der Waals surface area (Å²) in [7, 11) is 0. The number of carbonyl (C=O) groups is 3. The number of nitrogens with one attached hydrogen (secondary N) is 2. The van der Waals surface area contributed by atoms with Crippen molar-refractivity contribution in [1.29, 1.82) is 0 Å². The molecule has 23 nitrogen and oxygen atoms in total. The van der Waals surface area contributed by atoms with E-state index in [4.69, 9.17) is 28.4 Å². The topological polar surface area (TPSA) is 373 Å². The van der Waals surface area contributed by atoms with Crippen molar-refractivity contribution >= 4 is 17.8 Å². The van der Waals surface area contributed by atoms with Crippen LogP contribution in [0.5, 0.6) is 0 Å². The molecule has 2 amide bonds. The van der Waals surface area contributed by atoms with Gasteiger partial charge in [-0.3, -0.25) is 9.59 Å². The highest BCUT2D eigenvalue weighted by Gasteiger charge is 2.60. The summed E-state index contributed by atoms with van der Waals surface area (Å²) in [5.74, 6) is -6.10. The highest BCUT2D eigenvalue weighted by Crippen LogP contribution is 2.38. The van der Waals surface area contributed by atoms with Crippen molar-refractivity contribution in [3.63, 3.8) is 0 Å². The molecule has 0 saturated carbocycles. The molecule has 3 saturated heterocycles. The van der Waals surface area contributed by atoms with Crippen LogP contribution in [0.3, 0.4) is 0 Å². The summed E-state index contributed by atoms with van der Waals surface area (Å²) < 4.78 is 34.7. The van der Waals surface area contributed by atoms with Gasteiger partial charge < -0.3 is 100 Å². The lowest BCUT2D eigenvalue weighted by Crippen LogP contribution is -2.70. The molecule has 3 fully saturated rings. The van der Waals surface area contributed by atoms with Crippen molar-refractivity contribution in [1.82, 2.24) is 10.6 Å². The summed E-state index contributed by atoms with van der Waals surface area (Å²) in [6, 6.07) is -2.52. The maximum Gasteiger partial charge on any atom is 0.364 e. The summed E-state index contributed by atoms with van der Waals surface area (Å²) >= 11 is 0. The zero-order valence-electron chi connectivity index (χ0n) is 47.5. The molecular formula is C56H104N2O21. The van der Waals surface area contributed by atoms with E-state index >= 15 is 0 Å². The van der Waals surface area contributed by atoms with E-state index in [0.717, 1.165) is 58.3 Å². The van der Waals surface area contributed by atoms with Crippen molar-refractivity contribution in [2.75, 3.05) is 26.4 Å². The third kappa shape index (κ3) is 24.1. The van der Waals surface area contributed by atoms with E-state index in [1.807, 2.05) is 0 Å². The molecule has 3 rings (SSSR count). The van der Waals surface area contributed by atoms with Gasteiger partial charge in [0.15, 0.2) is 12.6 Å². The fourth-order valence-corrected chi connectivity index (χ4v) is 10.7. The maximum absolute atomic E-state index is 13.3. The highest BCUT2D eigenvalue weighted by atomic mass is 16.8. The molecule has 18 atom stereocenters. The lowest BCUT2D eigenvalue weighted by atomic mass is 9.88. The van der Waals surface area contributed by atoms with E-state index in [1.54, 1.807) is 0 Å². The van der Waals surface area contributed by atoms with Crippen LogP contribution in [-0.4, -0.2) is 215 Å². The predicted molar refractivity (Wildman–Crippen MR) is 288 cm³/mol. The van der Waals surface area contributed by atoms with Gasteiger partial charge in [-0.05, 0) is 12.8 Å².